The summed E-state index contributed by atoms with van der Waals surface area (Å²) in [6.07, 6.45) is 2.42. The Balaban J connectivity index is 1.32. The molecular formula is C34H35ClN6O4S. The Morgan fingerprint density at radius 1 is 1.00 bits per heavy atom. The number of nitrogens with one attached hydrogen (secondary N) is 1. The summed E-state index contributed by atoms with van der Waals surface area (Å²) in [5.41, 5.74) is 3.73. The maximum atomic E-state index is 14.2. The molecule has 3 heterocycles. The summed E-state index contributed by atoms with van der Waals surface area (Å²) in [4.78, 5) is 29.2. The van der Waals surface area contributed by atoms with Crippen molar-refractivity contribution in [2.45, 2.75) is 45.6 Å². The van der Waals surface area contributed by atoms with Crippen molar-refractivity contribution in [2.24, 2.45) is 12.5 Å². The predicted octanol–water partition coefficient (Wildman–Crippen LogP) is 5.66. The molecule has 1 N–H and O–H groups in total. The third kappa shape index (κ3) is 5.65. The lowest BCUT2D eigenvalue weighted by molar-refractivity contribution is 0.0679. The Hall–Kier alpha value is -4.61. The van der Waals surface area contributed by atoms with E-state index in [0.29, 0.717) is 41.5 Å². The number of carbonyl (C=O) groups is 1. The SMILES string of the molecule is Cc1ccc(S(=O)(=O)Nc2c(C)n(C)n(-c3ccccc3)c2=O)cc1C(=O)N1Cc2cnn(-c3ccccc3Cl)c2CC(C)(C)C1. The van der Waals surface area contributed by atoms with Gasteiger partial charge in [-0.05, 0) is 67.6 Å². The lowest BCUT2D eigenvalue weighted by atomic mass is 9.87. The molecule has 0 bridgehead atoms. The van der Waals surface area contributed by atoms with Crippen LogP contribution in [-0.4, -0.2) is 44.9 Å². The molecule has 1 aliphatic rings. The third-order valence-electron chi connectivity index (χ3n) is 8.49. The second-order valence-corrected chi connectivity index (χ2v) is 14.6. The Kier molecular flexibility index (Phi) is 7.94. The molecule has 238 valence electrons. The van der Waals surface area contributed by atoms with E-state index in [1.807, 2.05) is 35.0 Å². The number of anilines is 1. The number of sulfonamides is 1. The van der Waals surface area contributed by atoms with E-state index in [0.717, 1.165) is 16.9 Å². The largest absolute Gasteiger partial charge is 0.334 e. The van der Waals surface area contributed by atoms with Gasteiger partial charge in [0.1, 0.15) is 5.69 Å². The smallest absolute Gasteiger partial charge is 0.296 e. The molecule has 1 amide bonds. The number of aromatic nitrogens is 4. The van der Waals surface area contributed by atoms with Crippen LogP contribution in [0.1, 0.15) is 46.7 Å². The van der Waals surface area contributed by atoms with E-state index in [4.69, 9.17) is 11.6 Å². The van der Waals surface area contributed by atoms with E-state index in [9.17, 15) is 18.0 Å². The zero-order chi connectivity index (χ0) is 33.0. The van der Waals surface area contributed by atoms with Crippen LogP contribution in [0.25, 0.3) is 11.4 Å². The highest BCUT2D eigenvalue weighted by atomic mass is 35.5. The van der Waals surface area contributed by atoms with E-state index in [-0.39, 0.29) is 27.5 Å². The number of hydrogen-bond acceptors (Lipinski definition) is 5. The number of halogens is 1. The van der Waals surface area contributed by atoms with Gasteiger partial charge < -0.3 is 4.90 Å². The number of benzene rings is 3. The van der Waals surface area contributed by atoms with E-state index in [1.165, 1.54) is 16.8 Å². The molecule has 1 aliphatic heterocycles. The van der Waals surface area contributed by atoms with Crippen LogP contribution in [0, 0.1) is 19.3 Å². The number of aryl methyl sites for hydroxylation is 1. The van der Waals surface area contributed by atoms with Crippen LogP contribution in [-0.2, 0) is 30.0 Å². The summed E-state index contributed by atoms with van der Waals surface area (Å²) in [7, 11) is -2.54. The van der Waals surface area contributed by atoms with Crippen LogP contribution >= 0.6 is 11.6 Å². The predicted molar refractivity (Wildman–Crippen MR) is 179 cm³/mol. The molecule has 0 fully saturated rings. The molecule has 12 heteroatoms. The van der Waals surface area contributed by atoms with E-state index < -0.39 is 15.6 Å². The Morgan fingerprint density at radius 3 is 2.41 bits per heavy atom. The topological polar surface area (TPSA) is 111 Å². The number of carbonyl (C=O) groups excluding carboxylic acids is 1. The maximum Gasteiger partial charge on any atom is 0.296 e. The molecule has 6 rings (SSSR count). The normalized spacial score (nSPS) is 14.5. The van der Waals surface area contributed by atoms with Gasteiger partial charge in [-0.25, -0.2) is 17.8 Å². The Bertz CT molecular complexity index is 2150. The summed E-state index contributed by atoms with van der Waals surface area (Å²) in [6, 6.07) is 20.9. The van der Waals surface area contributed by atoms with Crippen molar-refractivity contribution in [3.05, 3.63) is 122 Å². The van der Waals surface area contributed by atoms with Crippen LogP contribution in [0.5, 0.6) is 0 Å². The van der Waals surface area contributed by atoms with Gasteiger partial charge in [-0.2, -0.15) is 5.10 Å². The van der Waals surface area contributed by atoms with Crippen molar-refractivity contribution in [2.75, 3.05) is 11.3 Å². The minimum Gasteiger partial charge on any atom is -0.334 e. The standard InChI is InChI=1S/C34H35ClN6O4S/c1-22-15-16-26(46(44,45)37-31-23(2)38(5)41(33(31)43)25-11-7-6-8-12-25)17-27(22)32(42)39-20-24-19-36-40(29-14-10-9-13-28(29)35)30(24)18-34(3,4)21-39/h6-17,19,37H,18,20-21H2,1-5H3. The lowest BCUT2D eigenvalue weighted by Gasteiger charge is -2.30. The molecule has 0 radical (unpaired) electrons. The molecule has 0 spiro atoms. The average Bonchev–Trinajstić information content (AvgIpc) is 3.43. The molecular weight excluding hydrogens is 624 g/mol. The van der Waals surface area contributed by atoms with Gasteiger partial charge in [0.25, 0.3) is 21.5 Å². The van der Waals surface area contributed by atoms with Gasteiger partial charge in [-0.3, -0.25) is 19.0 Å². The summed E-state index contributed by atoms with van der Waals surface area (Å²) >= 11 is 6.50. The Labute approximate surface area is 272 Å². The van der Waals surface area contributed by atoms with Gasteiger partial charge in [0.15, 0.2) is 0 Å². The molecule has 0 unspecified atom stereocenters. The van der Waals surface area contributed by atoms with Gasteiger partial charge in [0, 0.05) is 37.0 Å². The van der Waals surface area contributed by atoms with Crippen LogP contribution in [0.4, 0.5) is 5.69 Å². The van der Waals surface area contributed by atoms with Gasteiger partial charge in [0.05, 0.1) is 33.2 Å². The second kappa shape index (κ2) is 11.6. The molecule has 0 aliphatic carbocycles. The molecule has 0 atom stereocenters. The maximum absolute atomic E-state index is 14.2. The zero-order valence-corrected chi connectivity index (χ0v) is 27.9. The van der Waals surface area contributed by atoms with Crippen molar-refractivity contribution >= 4 is 33.2 Å². The van der Waals surface area contributed by atoms with Crippen LogP contribution in [0.15, 0.2) is 88.7 Å². The first-order valence-corrected chi connectivity index (χ1v) is 16.7. The number of hydrogen-bond donors (Lipinski definition) is 1. The number of para-hydroxylation sites is 2. The molecule has 0 saturated heterocycles. The lowest BCUT2D eigenvalue weighted by Crippen LogP contribution is -2.38. The summed E-state index contributed by atoms with van der Waals surface area (Å²) in [6.45, 7) is 8.38. The summed E-state index contributed by atoms with van der Waals surface area (Å²) in [5.74, 6) is -0.289. The van der Waals surface area contributed by atoms with E-state index in [1.54, 1.807) is 67.0 Å². The van der Waals surface area contributed by atoms with Crippen molar-refractivity contribution < 1.29 is 13.2 Å². The van der Waals surface area contributed by atoms with Gasteiger partial charge in [-0.1, -0.05) is 61.8 Å². The first-order chi connectivity index (χ1) is 21.8. The zero-order valence-electron chi connectivity index (χ0n) is 26.3. The van der Waals surface area contributed by atoms with E-state index in [2.05, 4.69) is 23.7 Å². The number of nitrogens with zero attached hydrogens (tertiary/aromatic N) is 5. The third-order valence-corrected chi connectivity index (χ3v) is 10.2. The second-order valence-electron chi connectivity index (χ2n) is 12.5. The monoisotopic (exact) mass is 658 g/mol. The fourth-order valence-electron chi connectivity index (χ4n) is 6.04. The quantitative estimate of drug-likeness (QED) is 0.253. The fraction of sp³-hybridized carbons (Fsp3) is 0.265. The number of rotatable bonds is 6. The van der Waals surface area contributed by atoms with E-state index >= 15 is 0 Å². The minimum atomic E-state index is -4.23. The van der Waals surface area contributed by atoms with Gasteiger partial charge >= 0.3 is 0 Å². The molecule has 10 nitrogen and oxygen atoms in total. The van der Waals surface area contributed by atoms with Crippen molar-refractivity contribution in [3.8, 4) is 11.4 Å². The van der Waals surface area contributed by atoms with Gasteiger partial charge in [0.2, 0.25) is 0 Å². The first-order valence-electron chi connectivity index (χ1n) is 14.8. The Morgan fingerprint density at radius 2 is 1.70 bits per heavy atom. The van der Waals surface area contributed by atoms with Gasteiger partial charge in [-0.15, -0.1) is 0 Å². The van der Waals surface area contributed by atoms with Crippen molar-refractivity contribution in [1.82, 2.24) is 24.0 Å². The average molecular weight is 659 g/mol. The summed E-state index contributed by atoms with van der Waals surface area (Å²) in [5, 5.41) is 5.20. The highest BCUT2D eigenvalue weighted by molar-refractivity contribution is 7.92. The summed E-state index contributed by atoms with van der Waals surface area (Å²) < 4.78 is 34.7. The minimum absolute atomic E-state index is 0.0582. The first kappa shape index (κ1) is 31.4. The molecule has 0 saturated carbocycles. The highest BCUT2D eigenvalue weighted by Crippen LogP contribution is 2.34. The van der Waals surface area contributed by atoms with Crippen molar-refractivity contribution in [1.29, 1.82) is 0 Å². The fourth-order valence-corrected chi connectivity index (χ4v) is 7.40. The highest BCUT2D eigenvalue weighted by Gasteiger charge is 2.34. The number of amides is 1. The van der Waals surface area contributed by atoms with Crippen LogP contribution in [0.3, 0.4) is 0 Å². The molecule has 5 aromatic rings. The molecule has 2 aromatic heterocycles. The number of fused-ring (bicyclic) bond motifs is 1. The molecule has 3 aromatic carbocycles. The van der Waals surface area contributed by atoms with Crippen molar-refractivity contribution in [3.63, 3.8) is 0 Å². The van der Waals surface area contributed by atoms with Crippen LogP contribution in [0.2, 0.25) is 5.02 Å². The molecule has 46 heavy (non-hydrogen) atoms. The van der Waals surface area contributed by atoms with Crippen LogP contribution < -0.4 is 10.3 Å².